The van der Waals surface area contributed by atoms with E-state index in [1.54, 1.807) is 0 Å². The van der Waals surface area contributed by atoms with Crippen molar-refractivity contribution in [1.82, 2.24) is 5.32 Å². The molecule has 102 valence electrons. The highest BCUT2D eigenvalue weighted by Crippen LogP contribution is 2.33. The second-order valence-electron chi connectivity index (χ2n) is 6.01. The topological polar surface area (TPSA) is 25.2 Å². The molecule has 19 heavy (non-hydrogen) atoms. The van der Waals surface area contributed by atoms with Gasteiger partial charge in [0.05, 0.1) is 6.04 Å². The summed E-state index contributed by atoms with van der Waals surface area (Å²) in [6.45, 7) is 8.70. The van der Waals surface area contributed by atoms with Crippen molar-refractivity contribution in [2.45, 2.75) is 39.2 Å². The molecule has 2 heteroatoms. The van der Waals surface area contributed by atoms with Crippen molar-refractivity contribution in [3.8, 4) is 0 Å². The van der Waals surface area contributed by atoms with Crippen LogP contribution in [-0.2, 0) is 5.41 Å². The molecule has 1 N–H and O–H groups in total. The van der Waals surface area contributed by atoms with E-state index < -0.39 is 0 Å². The highest BCUT2D eigenvalue weighted by atomic mass is 16.3. The lowest BCUT2D eigenvalue weighted by molar-refractivity contribution is 0.439. The highest BCUT2D eigenvalue weighted by molar-refractivity contribution is 5.38. The van der Waals surface area contributed by atoms with Gasteiger partial charge in [-0.3, -0.25) is 0 Å². The first-order valence-corrected chi connectivity index (χ1v) is 6.76. The largest absolute Gasteiger partial charge is 0.464 e. The van der Waals surface area contributed by atoms with Crippen LogP contribution in [0.25, 0.3) is 0 Å². The van der Waals surface area contributed by atoms with Gasteiger partial charge in [0.15, 0.2) is 0 Å². The second kappa shape index (κ2) is 5.22. The number of benzene rings is 1. The third-order valence-corrected chi connectivity index (χ3v) is 3.41. The number of hydrogen-bond acceptors (Lipinski definition) is 2. The third-order valence-electron chi connectivity index (χ3n) is 3.41. The average molecular weight is 257 g/mol. The zero-order valence-corrected chi connectivity index (χ0v) is 12.4. The van der Waals surface area contributed by atoms with Gasteiger partial charge in [-0.1, -0.05) is 45.0 Å². The van der Waals surface area contributed by atoms with E-state index in [4.69, 9.17) is 4.42 Å². The Morgan fingerprint density at radius 2 is 1.74 bits per heavy atom. The molecule has 0 bridgehead atoms. The lowest BCUT2D eigenvalue weighted by atomic mass is 9.81. The standard InChI is InChI=1S/C17H23NO/c1-12-10-11-15(19-12)16(18-5)13-8-6-7-9-14(13)17(2,3)4/h6-11,16,18H,1-5H3. The summed E-state index contributed by atoms with van der Waals surface area (Å²) < 4.78 is 5.80. The Hall–Kier alpha value is -1.54. The summed E-state index contributed by atoms with van der Waals surface area (Å²) in [4.78, 5) is 0. The molecule has 2 rings (SSSR count). The first-order chi connectivity index (χ1) is 8.93. The van der Waals surface area contributed by atoms with E-state index in [0.29, 0.717) is 0 Å². The molecule has 0 amide bonds. The summed E-state index contributed by atoms with van der Waals surface area (Å²) in [7, 11) is 1.97. The van der Waals surface area contributed by atoms with Crippen LogP contribution in [0.3, 0.4) is 0 Å². The molecule has 2 aromatic rings. The van der Waals surface area contributed by atoms with Gasteiger partial charge in [-0.2, -0.15) is 0 Å². The van der Waals surface area contributed by atoms with Gasteiger partial charge < -0.3 is 9.73 Å². The summed E-state index contributed by atoms with van der Waals surface area (Å²) in [6, 6.07) is 12.7. The smallest absolute Gasteiger partial charge is 0.125 e. The predicted octanol–water partition coefficient (Wildman–Crippen LogP) is 4.19. The Morgan fingerprint density at radius 1 is 1.05 bits per heavy atom. The summed E-state index contributed by atoms with van der Waals surface area (Å²) >= 11 is 0. The van der Waals surface area contributed by atoms with Crippen LogP contribution in [0.2, 0.25) is 0 Å². The Kier molecular flexibility index (Phi) is 3.81. The molecular weight excluding hydrogens is 234 g/mol. The molecule has 1 unspecified atom stereocenters. The first-order valence-electron chi connectivity index (χ1n) is 6.76. The maximum Gasteiger partial charge on any atom is 0.125 e. The molecule has 1 aromatic carbocycles. The minimum atomic E-state index is 0.101. The van der Waals surface area contributed by atoms with Gasteiger partial charge in [0.2, 0.25) is 0 Å². The van der Waals surface area contributed by atoms with E-state index in [-0.39, 0.29) is 11.5 Å². The van der Waals surface area contributed by atoms with E-state index in [1.807, 2.05) is 20.0 Å². The Labute approximate surface area is 115 Å². The molecule has 1 heterocycles. The van der Waals surface area contributed by atoms with E-state index in [9.17, 15) is 0 Å². The minimum Gasteiger partial charge on any atom is -0.464 e. The molecule has 1 atom stereocenters. The van der Waals surface area contributed by atoms with Crippen LogP contribution in [0, 0.1) is 6.92 Å². The van der Waals surface area contributed by atoms with Crippen molar-refractivity contribution < 1.29 is 4.42 Å². The van der Waals surface area contributed by atoms with Crippen LogP contribution in [0.5, 0.6) is 0 Å². The number of furan rings is 1. The third kappa shape index (κ3) is 2.90. The molecule has 0 fully saturated rings. The van der Waals surface area contributed by atoms with Crippen molar-refractivity contribution in [3.63, 3.8) is 0 Å². The number of rotatable bonds is 3. The molecule has 0 radical (unpaired) electrons. The molecule has 0 saturated carbocycles. The van der Waals surface area contributed by atoms with Gasteiger partial charge in [0.1, 0.15) is 11.5 Å². The fourth-order valence-corrected chi connectivity index (χ4v) is 2.49. The van der Waals surface area contributed by atoms with Crippen molar-refractivity contribution in [2.75, 3.05) is 7.05 Å². The van der Waals surface area contributed by atoms with E-state index in [2.05, 4.69) is 56.4 Å². The van der Waals surface area contributed by atoms with Crippen molar-refractivity contribution in [3.05, 3.63) is 59.0 Å². The van der Waals surface area contributed by atoms with Gasteiger partial charge >= 0.3 is 0 Å². The van der Waals surface area contributed by atoms with Crippen molar-refractivity contribution in [2.24, 2.45) is 0 Å². The Morgan fingerprint density at radius 3 is 2.26 bits per heavy atom. The van der Waals surface area contributed by atoms with Crippen LogP contribution in [0.1, 0.15) is 49.5 Å². The Bertz CT molecular complexity index is 548. The SMILES string of the molecule is CNC(c1ccc(C)o1)c1ccccc1C(C)(C)C. The quantitative estimate of drug-likeness (QED) is 0.891. The molecule has 0 aliphatic carbocycles. The Balaban J connectivity index is 2.50. The number of aryl methyl sites for hydroxylation is 1. The summed E-state index contributed by atoms with van der Waals surface area (Å²) in [5.74, 6) is 1.92. The molecule has 0 saturated heterocycles. The van der Waals surface area contributed by atoms with Crippen molar-refractivity contribution >= 4 is 0 Å². The lowest BCUT2D eigenvalue weighted by Gasteiger charge is -2.26. The first kappa shape index (κ1) is 13.9. The molecule has 1 aromatic heterocycles. The van der Waals surface area contributed by atoms with Gasteiger partial charge in [-0.25, -0.2) is 0 Å². The monoisotopic (exact) mass is 257 g/mol. The maximum absolute atomic E-state index is 5.80. The molecule has 0 spiro atoms. The summed E-state index contributed by atoms with van der Waals surface area (Å²) in [5, 5.41) is 3.37. The number of hydrogen-bond donors (Lipinski definition) is 1. The van der Waals surface area contributed by atoms with Crippen LogP contribution in [-0.4, -0.2) is 7.05 Å². The second-order valence-corrected chi connectivity index (χ2v) is 6.01. The van der Waals surface area contributed by atoms with Crippen molar-refractivity contribution in [1.29, 1.82) is 0 Å². The lowest BCUT2D eigenvalue weighted by Crippen LogP contribution is -2.23. The van der Waals surface area contributed by atoms with Gasteiger partial charge in [0.25, 0.3) is 0 Å². The molecule has 2 nitrogen and oxygen atoms in total. The van der Waals surface area contributed by atoms with E-state index >= 15 is 0 Å². The maximum atomic E-state index is 5.80. The highest BCUT2D eigenvalue weighted by Gasteiger charge is 2.24. The van der Waals surface area contributed by atoms with Crippen LogP contribution in [0.4, 0.5) is 0 Å². The zero-order chi connectivity index (χ0) is 14.0. The zero-order valence-electron chi connectivity index (χ0n) is 12.4. The summed E-state index contributed by atoms with van der Waals surface area (Å²) in [6.07, 6.45) is 0. The van der Waals surface area contributed by atoms with Crippen LogP contribution in [0.15, 0.2) is 40.8 Å². The van der Waals surface area contributed by atoms with Crippen LogP contribution < -0.4 is 5.32 Å². The van der Waals surface area contributed by atoms with Gasteiger partial charge in [-0.15, -0.1) is 0 Å². The fraction of sp³-hybridized carbons (Fsp3) is 0.412. The van der Waals surface area contributed by atoms with E-state index in [1.165, 1.54) is 11.1 Å². The molecule has 0 aliphatic rings. The molecular formula is C17H23NO. The summed E-state index contributed by atoms with van der Waals surface area (Å²) in [5.41, 5.74) is 2.75. The number of nitrogens with one attached hydrogen (secondary N) is 1. The van der Waals surface area contributed by atoms with E-state index in [0.717, 1.165) is 11.5 Å². The molecule has 0 aliphatic heterocycles. The average Bonchev–Trinajstić information content (AvgIpc) is 2.76. The normalized spacial score (nSPS) is 13.5. The van der Waals surface area contributed by atoms with Gasteiger partial charge in [0, 0.05) is 0 Å². The minimum absolute atomic E-state index is 0.101. The predicted molar refractivity (Wildman–Crippen MR) is 79.5 cm³/mol. The fourth-order valence-electron chi connectivity index (χ4n) is 2.49. The van der Waals surface area contributed by atoms with Gasteiger partial charge in [-0.05, 0) is 42.6 Å². The van der Waals surface area contributed by atoms with Crippen LogP contribution >= 0.6 is 0 Å².